The largest absolute Gasteiger partial charge is 0.481 e. The summed E-state index contributed by atoms with van der Waals surface area (Å²) in [6.45, 7) is 2.06. The number of rotatable bonds is 3. The van der Waals surface area contributed by atoms with Crippen LogP contribution in [0.15, 0.2) is 54.7 Å². The Morgan fingerprint density at radius 1 is 1.00 bits per heavy atom. The number of para-hydroxylation sites is 1. The van der Waals surface area contributed by atoms with Crippen molar-refractivity contribution in [2.45, 2.75) is 6.92 Å². The van der Waals surface area contributed by atoms with E-state index in [0.717, 1.165) is 27.7 Å². The number of hydrogen-bond donors (Lipinski definition) is 1. The van der Waals surface area contributed by atoms with Crippen molar-refractivity contribution in [3.63, 3.8) is 0 Å². The molecule has 1 heterocycles. The second kappa shape index (κ2) is 5.21. The van der Waals surface area contributed by atoms with E-state index in [9.17, 15) is 0 Å². The number of anilines is 2. The van der Waals surface area contributed by atoms with Gasteiger partial charge in [0, 0.05) is 28.3 Å². The lowest BCUT2D eigenvalue weighted by atomic mass is 10.1. The lowest BCUT2D eigenvalue weighted by Gasteiger charge is -2.13. The van der Waals surface area contributed by atoms with Crippen LogP contribution in [0.3, 0.4) is 0 Å². The van der Waals surface area contributed by atoms with Gasteiger partial charge < -0.3 is 10.1 Å². The first kappa shape index (κ1) is 12.5. The van der Waals surface area contributed by atoms with Gasteiger partial charge in [-0.1, -0.05) is 24.3 Å². The number of hydrogen-bond acceptors (Lipinski definition) is 3. The van der Waals surface area contributed by atoms with Crippen LogP contribution in [0.5, 0.6) is 5.88 Å². The number of nitrogens with zero attached hydrogens (tertiary/aromatic N) is 1. The minimum absolute atomic E-state index is 0.655. The van der Waals surface area contributed by atoms with Crippen molar-refractivity contribution >= 4 is 22.1 Å². The zero-order chi connectivity index (χ0) is 13.9. The molecule has 20 heavy (non-hydrogen) atoms. The Hall–Kier alpha value is -2.55. The first-order chi connectivity index (χ1) is 9.79. The fourth-order valence-electron chi connectivity index (χ4n) is 2.39. The summed E-state index contributed by atoms with van der Waals surface area (Å²) < 4.78 is 5.35. The maximum atomic E-state index is 5.35. The van der Waals surface area contributed by atoms with Crippen LogP contribution in [-0.4, -0.2) is 12.1 Å². The molecule has 0 spiro atoms. The van der Waals surface area contributed by atoms with E-state index in [4.69, 9.17) is 4.74 Å². The van der Waals surface area contributed by atoms with E-state index in [1.807, 2.05) is 48.7 Å². The van der Waals surface area contributed by atoms with E-state index < -0.39 is 0 Å². The first-order valence-corrected chi connectivity index (χ1v) is 6.54. The maximum absolute atomic E-state index is 5.35. The molecule has 0 saturated carbocycles. The number of benzene rings is 2. The van der Waals surface area contributed by atoms with E-state index in [0.29, 0.717) is 5.88 Å². The van der Waals surface area contributed by atoms with E-state index in [1.165, 1.54) is 0 Å². The Morgan fingerprint density at radius 3 is 2.55 bits per heavy atom. The third-order valence-corrected chi connectivity index (χ3v) is 3.31. The highest BCUT2D eigenvalue weighted by Crippen LogP contribution is 2.33. The predicted octanol–water partition coefficient (Wildman–Crippen LogP) is 4.30. The number of nitrogens with one attached hydrogen (secondary N) is 1. The molecule has 0 aliphatic rings. The second-order valence-electron chi connectivity index (χ2n) is 4.67. The van der Waals surface area contributed by atoms with Crippen LogP contribution >= 0.6 is 0 Å². The highest BCUT2D eigenvalue weighted by Gasteiger charge is 2.09. The fourth-order valence-corrected chi connectivity index (χ4v) is 2.39. The zero-order valence-corrected chi connectivity index (χ0v) is 11.6. The van der Waals surface area contributed by atoms with Crippen LogP contribution in [0.4, 0.5) is 11.4 Å². The predicted molar refractivity (Wildman–Crippen MR) is 82.8 cm³/mol. The minimum Gasteiger partial charge on any atom is -0.481 e. The highest BCUT2D eigenvalue weighted by molar-refractivity contribution is 6.00. The minimum atomic E-state index is 0.655. The molecule has 0 aliphatic carbocycles. The lowest BCUT2D eigenvalue weighted by Crippen LogP contribution is -1.96. The Bertz CT molecular complexity index is 739. The summed E-state index contributed by atoms with van der Waals surface area (Å²) in [6, 6.07) is 16.2. The van der Waals surface area contributed by atoms with Crippen molar-refractivity contribution in [3.8, 4) is 5.88 Å². The van der Waals surface area contributed by atoms with E-state index in [1.54, 1.807) is 7.11 Å². The number of pyridine rings is 1. The van der Waals surface area contributed by atoms with Gasteiger partial charge in [0.2, 0.25) is 5.88 Å². The van der Waals surface area contributed by atoms with Crippen molar-refractivity contribution in [1.29, 1.82) is 0 Å². The van der Waals surface area contributed by atoms with Crippen molar-refractivity contribution < 1.29 is 4.74 Å². The third kappa shape index (κ3) is 2.18. The van der Waals surface area contributed by atoms with Crippen LogP contribution in [0.2, 0.25) is 0 Å². The molecule has 3 nitrogen and oxygen atoms in total. The van der Waals surface area contributed by atoms with Crippen LogP contribution in [-0.2, 0) is 0 Å². The molecule has 0 radical (unpaired) electrons. The number of aromatic nitrogens is 1. The fraction of sp³-hybridized carbons (Fsp3) is 0.118. The molecule has 0 atom stereocenters. The maximum Gasteiger partial charge on any atom is 0.221 e. The SMILES string of the molecule is COc1ncc(C)c2c(Nc3ccccc3)cccc12. The second-order valence-corrected chi connectivity index (χ2v) is 4.67. The molecule has 1 aromatic heterocycles. The molecular weight excluding hydrogens is 248 g/mol. The normalized spacial score (nSPS) is 10.5. The smallest absolute Gasteiger partial charge is 0.221 e. The average molecular weight is 264 g/mol. The molecule has 3 aromatic rings. The molecule has 0 amide bonds. The van der Waals surface area contributed by atoms with Crippen molar-refractivity contribution in [1.82, 2.24) is 4.98 Å². The van der Waals surface area contributed by atoms with Gasteiger partial charge in [-0.3, -0.25) is 0 Å². The Kier molecular flexibility index (Phi) is 3.25. The number of aryl methyl sites for hydroxylation is 1. The van der Waals surface area contributed by atoms with Crippen LogP contribution in [0.1, 0.15) is 5.56 Å². The van der Waals surface area contributed by atoms with Gasteiger partial charge in [-0.25, -0.2) is 4.98 Å². The molecule has 0 aliphatic heterocycles. The molecule has 0 unspecified atom stereocenters. The zero-order valence-electron chi connectivity index (χ0n) is 11.6. The topological polar surface area (TPSA) is 34.1 Å². The molecule has 0 bridgehead atoms. The van der Waals surface area contributed by atoms with Gasteiger partial charge in [-0.2, -0.15) is 0 Å². The number of ether oxygens (including phenoxy) is 1. The van der Waals surface area contributed by atoms with Gasteiger partial charge in [0.05, 0.1) is 7.11 Å². The molecule has 0 saturated heterocycles. The summed E-state index contributed by atoms with van der Waals surface area (Å²) in [4.78, 5) is 4.32. The molecule has 100 valence electrons. The van der Waals surface area contributed by atoms with E-state index in [2.05, 4.69) is 23.3 Å². The summed E-state index contributed by atoms with van der Waals surface area (Å²) in [5.41, 5.74) is 3.25. The van der Waals surface area contributed by atoms with Gasteiger partial charge in [-0.05, 0) is 36.8 Å². The monoisotopic (exact) mass is 264 g/mol. The van der Waals surface area contributed by atoms with Gasteiger partial charge in [0.15, 0.2) is 0 Å². The lowest BCUT2D eigenvalue weighted by molar-refractivity contribution is 0.403. The molecule has 0 fully saturated rings. The summed E-state index contributed by atoms with van der Waals surface area (Å²) in [7, 11) is 1.65. The van der Waals surface area contributed by atoms with Gasteiger partial charge in [0.25, 0.3) is 0 Å². The standard InChI is InChI=1S/C17H16N2O/c1-12-11-18-17(20-2)14-9-6-10-15(16(12)14)19-13-7-4-3-5-8-13/h3-11,19H,1-2H3. The van der Waals surface area contributed by atoms with Crippen LogP contribution < -0.4 is 10.1 Å². The number of methoxy groups -OCH3 is 1. The van der Waals surface area contributed by atoms with Crippen molar-refractivity contribution in [3.05, 3.63) is 60.3 Å². The summed E-state index contributed by atoms with van der Waals surface area (Å²) in [5.74, 6) is 0.655. The summed E-state index contributed by atoms with van der Waals surface area (Å²) in [6.07, 6.45) is 1.84. The summed E-state index contributed by atoms with van der Waals surface area (Å²) >= 11 is 0. The Balaban J connectivity index is 2.16. The first-order valence-electron chi connectivity index (χ1n) is 6.54. The molecular formula is C17H16N2O. The van der Waals surface area contributed by atoms with E-state index in [-0.39, 0.29) is 0 Å². The number of fused-ring (bicyclic) bond motifs is 1. The molecule has 3 heteroatoms. The van der Waals surface area contributed by atoms with Crippen LogP contribution in [0.25, 0.3) is 10.8 Å². The molecule has 1 N–H and O–H groups in total. The average Bonchev–Trinajstić information content (AvgIpc) is 2.49. The summed E-state index contributed by atoms with van der Waals surface area (Å²) in [5, 5.41) is 5.62. The van der Waals surface area contributed by atoms with Gasteiger partial charge in [0.1, 0.15) is 0 Å². The third-order valence-electron chi connectivity index (χ3n) is 3.31. The van der Waals surface area contributed by atoms with Crippen molar-refractivity contribution in [2.75, 3.05) is 12.4 Å². The highest BCUT2D eigenvalue weighted by atomic mass is 16.5. The molecule has 3 rings (SSSR count). The Morgan fingerprint density at radius 2 is 1.80 bits per heavy atom. The van der Waals surface area contributed by atoms with Gasteiger partial charge in [-0.15, -0.1) is 0 Å². The quantitative estimate of drug-likeness (QED) is 0.766. The van der Waals surface area contributed by atoms with Gasteiger partial charge >= 0.3 is 0 Å². The van der Waals surface area contributed by atoms with Crippen molar-refractivity contribution in [2.24, 2.45) is 0 Å². The van der Waals surface area contributed by atoms with Crippen LogP contribution in [0, 0.1) is 6.92 Å². The molecule has 2 aromatic carbocycles. The Labute approximate surface area is 118 Å². The van der Waals surface area contributed by atoms with E-state index >= 15 is 0 Å².